The van der Waals surface area contributed by atoms with Gasteiger partial charge in [0.2, 0.25) is 5.88 Å². The van der Waals surface area contributed by atoms with E-state index in [0.29, 0.717) is 29.6 Å². The minimum atomic E-state index is -0.923. The van der Waals surface area contributed by atoms with Crippen molar-refractivity contribution in [3.63, 3.8) is 0 Å². The third kappa shape index (κ3) is 3.85. The summed E-state index contributed by atoms with van der Waals surface area (Å²) in [6, 6.07) is 5.37. The van der Waals surface area contributed by atoms with Gasteiger partial charge >= 0.3 is 6.01 Å². The van der Waals surface area contributed by atoms with Gasteiger partial charge in [0.15, 0.2) is 5.82 Å². The monoisotopic (exact) mass is 587 g/mol. The molecule has 4 aliphatic rings. The highest BCUT2D eigenvalue weighted by atomic mass is 19.1. The van der Waals surface area contributed by atoms with Crippen LogP contribution in [0.2, 0.25) is 0 Å². The lowest BCUT2D eigenvalue weighted by Gasteiger charge is -2.40. The van der Waals surface area contributed by atoms with Crippen molar-refractivity contribution in [1.82, 2.24) is 19.9 Å². The fourth-order valence-electron chi connectivity index (χ4n) is 7.42. The molecule has 2 aromatic carbocycles. The number of fused-ring (bicyclic) bond motifs is 3. The van der Waals surface area contributed by atoms with Crippen LogP contribution in [0.4, 0.5) is 19.0 Å². The van der Waals surface area contributed by atoms with Crippen LogP contribution in [0.3, 0.4) is 0 Å². The molecule has 1 aliphatic carbocycles. The van der Waals surface area contributed by atoms with E-state index in [0.717, 1.165) is 32.2 Å². The van der Waals surface area contributed by atoms with Crippen molar-refractivity contribution in [1.29, 1.82) is 0 Å². The number of ether oxygens (including phenoxy) is 2. The van der Waals surface area contributed by atoms with E-state index in [4.69, 9.17) is 20.9 Å². The fraction of sp³-hybridized carbons (Fsp3) is 0.406. The molecule has 3 fully saturated rings. The summed E-state index contributed by atoms with van der Waals surface area (Å²) in [5, 5.41) is 11.5. The number of rotatable bonds is 4. The normalized spacial score (nSPS) is 26.0. The van der Waals surface area contributed by atoms with Crippen molar-refractivity contribution in [3.8, 4) is 41.2 Å². The molecule has 11 heteroatoms. The molecule has 0 bridgehead atoms. The molecule has 8 nitrogen and oxygen atoms in total. The number of phenolic OH excluding ortho intramolecular Hbond substituents is 1. The number of alkyl halides is 1. The summed E-state index contributed by atoms with van der Waals surface area (Å²) in [5.41, 5.74) is -0.692. The van der Waals surface area contributed by atoms with E-state index in [1.165, 1.54) is 24.3 Å². The first-order valence-corrected chi connectivity index (χ1v) is 14.5. The van der Waals surface area contributed by atoms with E-state index in [1.54, 1.807) is 0 Å². The molecule has 220 valence electrons. The Balaban J connectivity index is 1.33. The number of nitrogens with zero attached hydrogens (tertiary/aromatic N) is 5. The molecule has 1 N–H and O–H groups in total. The second kappa shape index (κ2) is 9.35. The number of benzene rings is 2. The number of terminal acetylenes is 1. The average Bonchev–Trinajstić information content (AvgIpc) is 3.48. The van der Waals surface area contributed by atoms with Crippen molar-refractivity contribution in [2.24, 2.45) is 0 Å². The SMILES string of the molecule is C#Cc1c(F)ccc2cc(O)cc(-c3nc4c5c(nc(OCC67CCCN6CC(F)C7)nc5c3F)N(C)C3CCC3O4)c12. The maximum Gasteiger partial charge on any atom is 0.319 e. The molecule has 0 amide bonds. The van der Waals surface area contributed by atoms with Crippen molar-refractivity contribution in [2.75, 3.05) is 31.6 Å². The number of aromatic nitrogens is 3. The Bertz CT molecular complexity index is 1880. The number of phenols is 1. The Morgan fingerprint density at radius 1 is 1.19 bits per heavy atom. The molecule has 5 heterocycles. The number of hydrogen-bond donors (Lipinski definition) is 1. The van der Waals surface area contributed by atoms with Crippen LogP contribution in [0.5, 0.6) is 17.6 Å². The quantitative estimate of drug-likeness (QED) is 0.330. The molecule has 43 heavy (non-hydrogen) atoms. The van der Waals surface area contributed by atoms with E-state index in [2.05, 4.69) is 20.8 Å². The lowest BCUT2D eigenvalue weighted by atomic mass is 9.88. The molecule has 1 saturated carbocycles. The zero-order valence-corrected chi connectivity index (χ0v) is 23.4. The molecule has 4 aromatic rings. The lowest BCUT2D eigenvalue weighted by Crippen LogP contribution is -2.51. The summed E-state index contributed by atoms with van der Waals surface area (Å²) in [6.07, 6.45) is 8.31. The summed E-state index contributed by atoms with van der Waals surface area (Å²) in [6.45, 7) is 1.36. The smallest absolute Gasteiger partial charge is 0.319 e. The summed E-state index contributed by atoms with van der Waals surface area (Å²) < 4.78 is 58.5. The highest BCUT2D eigenvalue weighted by molar-refractivity contribution is 6.04. The molecular formula is C32H28F3N5O3. The minimum absolute atomic E-state index is 0.0126. The van der Waals surface area contributed by atoms with Crippen molar-refractivity contribution >= 4 is 27.5 Å². The summed E-state index contributed by atoms with van der Waals surface area (Å²) in [4.78, 5) is 17.9. The van der Waals surface area contributed by atoms with Crippen LogP contribution in [-0.2, 0) is 0 Å². The Morgan fingerprint density at radius 2 is 2.05 bits per heavy atom. The standard InChI is InChI=1S/C32H28F3N5O3/c1-3-19-21(34)6-5-16-11-18(41)12-20(24(16)19)27-26(35)28-25-29(39(2)22-7-8-23(22)43-30(25)36-27)38-31(37-28)42-15-32-9-4-10-40(32)14-17(33)13-32/h1,5-6,11-12,17,22-23,41H,4,7-10,13-15H2,2H3. The summed E-state index contributed by atoms with van der Waals surface area (Å²) in [5.74, 6) is 1.29. The number of anilines is 1. The lowest BCUT2D eigenvalue weighted by molar-refractivity contribution is 0.0903. The molecular weight excluding hydrogens is 559 g/mol. The highest BCUT2D eigenvalue weighted by Gasteiger charge is 2.49. The van der Waals surface area contributed by atoms with Crippen LogP contribution < -0.4 is 14.4 Å². The Morgan fingerprint density at radius 3 is 2.84 bits per heavy atom. The molecule has 2 saturated heterocycles. The molecule has 4 atom stereocenters. The van der Waals surface area contributed by atoms with Crippen LogP contribution in [0.15, 0.2) is 24.3 Å². The van der Waals surface area contributed by atoms with Gasteiger partial charge < -0.3 is 19.5 Å². The van der Waals surface area contributed by atoms with E-state index in [1.807, 2.05) is 11.9 Å². The van der Waals surface area contributed by atoms with Crippen molar-refractivity contribution < 1.29 is 27.8 Å². The van der Waals surface area contributed by atoms with Gasteiger partial charge in [0.05, 0.1) is 17.1 Å². The van der Waals surface area contributed by atoms with Crippen LogP contribution in [0.1, 0.15) is 37.7 Å². The minimum Gasteiger partial charge on any atom is -0.508 e. The zero-order valence-electron chi connectivity index (χ0n) is 23.4. The second-order valence-electron chi connectivity index (χ2n) is 12.1. The zero-order chi connectivity index (χ0) is 29.6. The van der Waals surface area contributed by atoms with Gasteiger partial charge in [-0.2, -0.15) is 9.97 Å². The second-order valence-corrected chi connectivity index (χ2v) is 12.1. The summed E-state index contributed by atoms with van der Waals surface area (Å²) >= 11 is 0. The number of aromatic hydroxyl groups is 1. The molecule has 0 radical (unpaired) electrons. The molecule has 2 aromatic heterocycles. The van der Waals surface area contributed by atoms with Crippen molar-refractivity contribution in [2.45, 2.75) is 56.0 Å². The predicted octanol–water partition coefficient (Wildman–Crippen LogP) is 5.12. The van der Waals surface area contributed by atoms with Crippen LogP contribution in [0.25, 0.3) is 32.9 Å². The fourth-order valence-corrected chi connectivity index (χ4v) is 7.42. The van der Waals surface area contributed by atoms with Gasteiger partial charge in [0.25, 0.3) is 0 Å². The van der Waals surface area contributed by atoms with Crippen LogP contribution in [0, 0.1) is 24.0 Å². The van der Waals surface area contributed by atoms with Crippen LogP contribution >= 0.6 is 0 Å². The molecule has 8 rings (SSSR count). The number of pyridine rings is 1. The third-order valence-electron chi connectivity index (χ3n) is 9.67. The van der Waals surface area contributed by atoms with Crippen molar-refractivity contribution in [3.05, 3.63) is 41.5 Å². The van der Waals surface area contributed by atoms with Gasteiger partial charge in [-0.3, -0.25) is 4.90 Å². The molecule has 0 spiro atoms. The maximum absolute atomic E-state index is 16.8. The van der Waals surface area contributed by atoms with Gasteiger partial charge in [0, 0.05) is 31.0 Å². The number of halogens is 3. The Hall–Kier alpha value is -4.30. The van der Waals surface area contributed by atoms with Gasteiger partial charge in [0.1, 0.15) is 52.9 Å². The first kappa shape index (κ1) is 26.3. The first-order valence-electron chi connectivity index (χ1n) is 14.5. The van der Waals surface area contributed by atoms with Gasteiger partial charge in [-0.15, -0.1) is 6.42 Å². The predicted molar refractivity (Wildman–Crippen MR) is 154 cm³/mol. The maximum atomic E-state index is 16.8. The molecule has 3 aliphatic heterocycles. The van der Waals surface area contributed by atoms with E-state index in [-0.39, 0.29) is 64.1 Å². The topological polar surface area (TPSA) is 83.8 Å². The van der Waals surface area contributed by atoms with Gasteiger partial charge in [-0.05, 0) is 55.8 Å². The highest BCUT2D eigenvalue weighted by Crippen LogP contribution is 2.46. The molecule has 4 unspecified atom stereocenters. The van der Waals surface area contributed by atoms with Gasteiger partial charge in [-0.1, -0.05) is 12.0 Å². The summed E-state index contributed by atoms with van der Waals surface area (Å²) in [7, 11) is 1.87. The van der Waals surface area contributed by atoms with Crippen LogP contribution in [-0.4, -0.2) is 75.6 Å². The largest absolute Gasteiger partial charge is 0.508 e. The number of likely N-dealkylation sites (N-methyl/N-ethyl adjacent to an activating group) is 1. The van der Waals surface area contributed by atoms with E-state index in [9.17, 15) is 13.9 Å². The average molecular weight is 588 g/mol. The third-order valence-corrected chi connectivity index (χ3v) is 9.67. The van der Waals surface area contributed by atoms with E-state index >= 15 is 4.39 Å². The Labute approximate surface area is 245 Å². The Kier molecular flexibility index (Phi) is 5.73. The number of hydrogen-bond acceptors (Lipinski definition) is 8. The first-order chi connectivity index (χ1) is 20.8. The van der Waals surface area contributed by atoms with E-state index < -0.39 is 23.3 Å². The van der Waals surface area contributed by atoms with Gasteiger partial charge in [-0.25, -0.2) is 18.2 Å².